The second kappa shape index (κ2) is 5.26. The number of aromatic nitrogens is 3. The van der Waals surface area contributed by atoms with Crippen LogP contribution in [0.1, 0.15) is 21.6 Å². The van der Waals surface area contributed by atoms with Gasteiger partial charge in [-0.25, -0.2) is 9.50 Å². The smallest absolute Gasteiger partial charge is 0.253 e. The predicted octanol–water partition coefficient (Wildman–Crippen LogP) is 2.71. The molecule has 0 bridgehead atoms. The molecule has 0 saturated heterocycles. The number of benzene rings is 1. The molecule has 0 atom stereocenters. The Morgan fingerprint density at radius 3 is 2.68 bits per heavy atom. The fourth-order valence-electron chi connectivity index (χ4n) is 2.54. The van der Waals surface area contributed by atoms with Gasteiger partial charge in [0.2, 0.25) is 0 Å². The van der Waals surface area contributed by atoms with Gasteiger partial charge in [-0.15, -0.1) is 0 Å². The number of aryl methyl sites for hydroxylation is 1. The summed E-state index contributed by atoms with van der Waals surface area (Å²) in [6.07, 6.45) is 1.74. The molecule has 0 fully saturated rings. The van der Waals surface area contributed by atoms with Crippen molar-refractivity contribution in [1.29, 1.82) is 0 Å². The number of carbonyl (C=O) groups is 1. The molecular formula is C17H18N4O. The number of hydrogen-bond donors (Lipinski definition) is 0. The predicted molar refractivity (Wildman–Crippen MR) is 85.9 cm³/mol. The summed E-state index contributed by atoms with van der Waals surface area (Å²) in [6, 6.07) is 9.51. The van der Waals surface area contributed by atoms with Crippen LogP contribution in [0.2, 0.25) is 0 Å². The van der Waals surface area contributed by atoms with Crippen molar-refractivity contribution in [2.45, 2.75) is 13.8 Å². The molecule has 2 heterocycles. The molecule has 0 spiro atoms. The lowest BCUT2D eigenvalue weighted by Gasteiger charge is -2.14. The molecular weight excluding hydrogens is 276 g/mol. The van der Waals surface area contributed by atoms with Crippen LogP contribution >= 0.6 is 0 Å². The molecule has 3 aromatic rings. The minimum atomic E-state index is -0.0120. The van der Waals surface area contributed by atoms with Crippen LogP contribution in [0.5, 0.6) is 0 Å². The molecule has 0 radical (unpaired) electrons. The van der Waals surface area contributed by atoms with E-state index in [0.29, 0.717) is 5.56 Å². The average Bonchev–Trinajstić information content (AvgIpc) is 2.95. The third kappa shape index (κ3) is 2.24. The van der Waals surface area contributed by atoms with Crippen LogP contribution in [-0.4, -0.2) is 39.5 Å². The van der Waals surface area contributed by atoms with Crippen molar-refractivity contribution >= 4 is 11.6 Å². The number of hydrogen-bond acceptors (Lipinski definition) is 3. The molecule has 0 saturated carbocycles. The quantitative estimate of drug-likeness (QED) is 0.730. The molecule has 1 aromatic carbocycles. The highest BCUT2D eigenvalue weighted by atomic mass is 16.2. The SMILES string of the molecule is Cc1nc2ccnn2c(-c2cccc(C(=O)N(C)C)c2)c1C. The van der Waals surface area contributed by atoms with E-state index in [0.717, 1.165) is 28.2 Å². The van der Waals surface area contributed by atoms with Gasteiger partial charge in [0.15, 0.2) is 5.65 Å². The van der Waals surface area contributed by atoms with Crippen molar-refractivity contribution in [3.05, 3.63) is 53.3 Å². The second-order valence-corrected chi connectivity index (χ2v) is 5.55. The maximum atomic E-state index is 12.2. The first-order valence-corrected chi connectivity index (χ1v) is 7.12. The van der Waals surface area contributed by atoms with E-state index in [1.54, 1.807) is 25.2 Å². The first-order valence-electron chi connectivity index (χ1n) is 7.12. The first kappa shape index (κ1) is 14.3. The van der Waals surface area contributed by atoms with E-state index in [4.69, 9.17) is 0 Å². The van der Waals surface area contributed by atoms with Crippen molar-refractivity contribution in [2.24, 2.45) is 0 Å². The van der Waals surface area contributed by atoms with Crippen LogP contribution < -0.4 is 0 Å². The maximum Gasteiger partial charge on any atom is 0.253 e. The lowest BCUT2D eigenvalue weighted by molar-refractivity contribution is 0.0827. The van der Waals surface area contributed by atoms with Crippen molar-refractivity contribution in [2.75, 3.05) is 14.1 Å². The van der Waals surface area contributed by atoms with Gasteiger partial charge in [0, 0.05) is 37.0 Å². The van der Waals surface area contributed by atoms with Crippen molar-refractivity contribution < 1.29 is 4.79 Å². The minimum absolute atomic E-state index is 0.0120. The van der Waals surface area contributed by atoms with Gasteiger partial charge in [-0.1, -0.05) is 12.1 Å². The van der Waals surface area contributed by atoms with Gasteiger partial charge in [0.05, 0.1) is 11.9 Å². The van der Waals surface area contributed by atoms with Crippen LogP contribution in [0.15, 0.2) is 36.5 Å². The van der Waals surface area contributed by atoms with Gasteiger partial charge in [-0.05, 0) is 31.5 Å². The van der Waals surface area contributed by atoms with Crippen LogP contribution in [-0.2, 0) is 0 Å². The number of nitrogens with zero attached hydrogens (tertiary/aromatic N) is 4. The summed E-state index contributed by atoms with van der Waals surface area (Å²) >= 11 is 0. The van der Waals surface area contributed by atoms with E-state index in [1.807, 2.05) is 48.7 Å². The van der Waals surface area contributed by atoms with Crippen LogP contribution in [0.25, 0.3) is 16.9 Å². The molecule has 1 amide bonds. The lowest BCUT2D eigenvalue weighted by atomic mass is 10.0. The topological polar surface area (TPSA) is 50.5 Å². The molecule has 0 N–H and O–H groups in total. The summed E-state index contributed by atoms with van der Waals surface area (Å²) in [6.45, 7) is 4.01. The molecule has 112 valence electrons. The van der Waals surface area contributed by atoms with Gasteiger partial charge in [-0.3, -0.25) is 4.79 Å². The summed E-state index contributed by atoms with van der Waals surface area (Å²) in [7, 11) is 3.51. The fourth-order valence-corrected chi connectivity index (χ4v) is 2.54. The van der Waals surface area contributed by atoms with E-state index in [9.17, 15) is 4.79 Å². The van der Waals surface area contributed by atoms with Crippen molar-refractivity contribution in [3.63, 3.8) is 0 Å². The molecule has 0 unspecified atom stereocenters. The molecule has 2 aromatic heterocycles. The Morgan fingerprint density at radius 1 is 1.18 bits per heavy atom. The Hall–Kier alpha value is -2.69. The number of rotatable bonds is 2. The van der Waals surface area contributed by atoms with Crippen LogP contribution in [0, 0.1) is 13.8 Å². The molecule has 0 aliphatic rings. The number of fused-ring (bicyclic) bond motifs is 1. The fraction of sp³-hybridized carbons (Fsp3) is 0.235. The summed E-state index contributed by atoms with van der Waals surface area (Å²) in [5, 5.41) is 4.37. The molecule has 22 heavy (non-hydrogen) atoms. The Morgan fingerprint density at radius 2 is 1.95 bits per heavy atom. The van der Waals surface area contributed by atoms with Gasteiger partial charge < -0.3 is 4.90 Å². The van der Waals surface area contributed by atoms with E-state index in [2.05, 4.69) is 10.1 Å². The van der Waals surface area contributed by atoms with Gasteiger partial charge in [0.25, 0.3) is 5.91 Å². The molecule has 0 aliphatic carbocycles. The second-order valence-electron chi connectivity index (χ2n) is 5.55. The average molecular weight is 294 g/mol. The Bertz CT molecular complexity index is 864. The van der Waals surface area contributed by atoms with E-state index in [-0.39, 0.29) is 5.91 Å². The first-order chi connectivity index (χ1) is 10.5. The van der Waals surface area contributed by atoms with Crippen LogP contribution in [0.4, 0.5) is 0 Å². The van der Waals surface area contributed by atoms with Gasteiger partial charge in [-0.2, -0.15) is 5.10 Å². The number of amides is 1. The van der Waals surface area contributed by atoms with E-state index < -0.39 is 0 Å². The molecule has 5 heteroatoms. The van der Waals surface area contributed by atoms with E-state index >= 15 is 0 Å². The lowest BCUT2D eigenvalue weighted by Crippen LogP contribution is -2.21. The zero-order valence-electron chi connectivity index (χ0n) is 13.2. The zero-order valence-corrected chi connectivity index (χ0v) is 13.2. The summed E-state index contributed by atoms with van der Waals surface area (Å²) in [5.41, 5.74) is 5.43. The highest BCUT2D eigenvalue weighted by molar-refractivity contribution is 5.95. The summed E-state index contributed by atoms with van der Waals surface area (Å²) in [4.78, 5) is 18.3. The van der Waals surface area contributed by atoms with Crippen molar-refractivity contribution in [3.8, 4) is 11.3 Å². The van der Waals surface area contributed by atoms with Gasteiger partial charge in [0.1, 0.15) is 0 Å². The third-order valence-corrected chi connectivity index (χ3v) is 3.80. The Kier molecular flexibility index (Phi) is 3.41. The number of carbonyl (C=O) groups excluding carboxylic acids is 1. The van der Waals surface area contributed by atoms with Gasteiger partial charge >= 0.3 is 0 Å². The van der Waals surface area contributed by atoms with Crippen molar-refractivity contribution in [1.82, 2.24) is 19.5 Å². The van der Waals surface area contributed by atoms with Crippen LogP contribution in [0.3, 0.4) is 0 Å². The highest BCUT2D eigenvalue weighted by Crippen LogP contribution is 2.26. The maximum absolute atomic E-state index is 12.2. The Labute approximate surface area is 129 Å². The molecule has 5 nitrogen and oxygen atoms in total. The molecule has 3 rings (SSSR count). The third-order valence-electron chi connectivity index (χ3n) is 3.80. The Balaban J connectivity index is 2.24. The zero-order chi connectivity index (χ0) is 15.9. The summed E-state index contributed by atoms with van der Waals surface area (Å²) < 4.78 is 1.82. The minimum Gasteiger partial charge on any atom is -0.345 e. The standard InChI is InChI=1S/C17H18N4O/c1-11-12(2)19-15-8-9-18-21(15)16(11)13-6-5-7-14(10-13)17(22)20(3)4/h5-10H,1-4H3. The monoisotopic (exact) mass is 294 g/mol. The normalized spacial score (nSPS) is 10.9. The summed E-state index contributed by atoms with van der Waals surface area (Å²) in [5.74, 6) is -0.0120. The largest absolute Gasteiger partial charge is 0.345 e. The molecule has 0 aliphatic heterocycles. The van der Waals surface area contributed by atoms with E-state index in [1.165, 1.54) is 0 Å². The highest BCUT2D eigenvalue weighted by Gasteiger charge is 2.14.